The highest BCUT2D eigenvalue weighted by Crippen LogP contribution is 2.26. The average Bonchev–Trinajstić information content (AvgIpc) is 3.17. The molecule has 1 N–H and O–H groups in total. The van der Waals surface area contributed by atoms with Crippen molar-refractivity contribution in [1.82, 2.24) is 9.80 Å². The van der Waals surface area contributed by atoms with E-state index in [1.54, 1.807) is 6.26 Å². The highest BCUT2D eigenvalue weighted by Gasteiger charge is 2.35. The van der Waals surface area contributed by atoms with E-state index in [9.17, 15) is 5.11 Å². The lowest BCUT2D eigenvalue weighted by molar-refractivity contribution is -0.0519. The zero-order chi connectivity index (χ0) is 15.7. The number of hydrogen-bond acceptors (Lipinski definition) is 4. The van der Waals surface area contributed by atoms with Gasteiger partial charge in [0.2, 0.25) is 0 Å². The third-order valence-corrected chi connectivity index (χ3v) is 5.27. The molecule has 2 aliphatic heterocycles. The highest BCUT2D eigenvalue weighted by molar-refractivity contribution is 5.77. The Morgan fingerprint density at radius 1 is 1.04 bits per heavy atom. The predicted octanol–water partition coefficient (Wildman–Crippen LogP) is 2.86. The number of nitrogens with zero attached hydrogens (tertiary/aromatic N) is 2. The quantitative estimate of drug-likeness (QED) is 0.942. The van der Waals surface area contributed by atoms with Crippen LogP contribution >= 0.6 is 0 Å². The van der Waals surface area contributed by atoms with Crippen molar-refractivity contribution in [1.29, 1.82) is 0 Å². The van der Waals surface area contributed by atoms with Gasteiger partial charge in [-0.15, -0.1) is 0 Å². The molecule has 0 spiro atoms. The Kier molecular flexibility index (Phi) is 4.14. The molecule has 3 heterocycles. The van der Waals surface area contributed by atoms with Gasteiger partial charge in [-0.05, 0) is 69.1 Å². The Morgan fingerprint density at radius 2 is 1.87 bits per heavy atom. The Hall–Kier alpha value is -1.36. The molecule has 124 valence electrons. The second kappa shape index (κ2) is 6.27. The summed E-state index contributed by atoms with van der Waals surface area (Å²) >= 11 is 0. The van der Waals surface area contributed by atoms with Crippen molar-refractivity contribution in [3.8, 4) is 0 Å². The standard InChI is InChI=1S/C19H26N2O2/c22-19(14-20-8-1-2-9-20)7-3-10-21(15-19)13-16-4-5-18-17(12-16)6-11-23-18/h4-6,11-12,22H,1-3,7-10,13-15H2/t19-/m1/s1. The average molecular weight is 314 g/mol. The summed E-state index contributed by atoms with van der Waals surface area (Å²) in [5, 5.41) is 12.2. The van der Waals surface area contributed by atoms with Crippen LogP contribution in [-0.2, 0) is 6.54 Å². The topological polar surface area (TPSA) is 39.9 Å². The predicted molar refractivity (Wildman–Crippen MR) is 91.3 cm³/mol. The maximum atomic E-state index is 11.0. The fourth-order valence-electron chi connectivity index (χ4n) is 4.20. The van der Waals surface area contributed by atoms with Gasteiger partial charge in [0.15, 0.2) is 0 Å². The van der Waals surface area contributed by atoms with Gasteiger partial charge in [-0.3, -0.25) is 4.90 Å². The van der Waals surface area contributed by atoms with Gasteiger partial charge < -0.3 is 14.4 Å². The van der Waals surface area contributed by atoms with E-state index in [0.29, 0.717) is 0 Å². The van der Waals surface area contributed by atoms with Gasteiger partial charge in [-0.25, -0.2) is 0 Å². The first-order valence-electron chi connectivity index (χ1n) is 8.84. The van der Waals surface area contributed by atoms with Crippen LogP contribution in [0.2, 0.25) is 0 Å². The van der Waals surface area contributed by atoms with Crippen molar-refractivity contribution in [2.75, 3.05) is 32.7 Å². The number of likely N-dealkylation sites (tertiary alicyclic amines) is 2. The van der Waals surface area contributed by atoms with Gasteiger partial charge in [0.1, 0.15) is 5.58 Å². The SMILES string of the molecule is O[C@@]1(CN2CCCC2)CCCN(Cc2ccc3occc3c2)C1. The first-order chi connectivity index (χ1) is 11.2. The summed E-state index contributed by atoms with van der Waals surface area (Å²) in [5.41, 5.74) is 1.70. The van der Waals surface area contributed by atoms with E-state index >= 15 is 0 Å². The fraction of sp³-hybridized carbons (Fsp3) is 0.579. The third-order valence-electron chi connectivity index (χ3n) is 5.27. The number of β-amino-alcohol motifs (C(OH)–C–C–N with tert-alkyl or cyclic N) is 1. The van der Waals surface area contributed by atoms with Crippen LogP contribution < -0.4 is 0 Å². The first kappa shape index (κ1) is 15.2. The van der Waals surface area contributed by atoms with E-state index in [0.717, 1.165) is 63.1 Å². The van der Waals surface area contributed by atoms with Crippen molar-refractivity contribution in [3.05, 3.63) is 36.1 Å². The number of benzene rings is 1. The van der Waals surface area contributed by atoms with E-state index in [1.165, 1.54) is 18.4 Å². The van der Waals surface area contributed by atoms with Gasteiger partial charge in [-0.1, -0.05) is 6.07 Å². The number of aliphatic hydroxyl groups is 1. The van der Waals surface area contributed by atoms with Gasteiger partial charge in [0.25, 0.3) is 0 Å². The normalized spacial score (nSPS) is 27.0. The Balaban J connectivity index is 1.41. The number of piperidine rings is 1. The molecule has 0 amide bonds. The highest BCUT2D eigenvalue weighted by atomic mass is 16.3. The van der Waals surface area contributed by atoms with Crippen LogP contribution in [0, 0.1) is 0 Å². The molecule has 4 rings (SSSR count). The summed E-state index contributed by atoms with van der Waals surface area (Å²) in [6.07, 6.45) is 6.32. The molecule has 23 heavy (non-hydrogen) atoms. The van der Waals surface area contributed by atoms with Crippen molar-refractivity contribution in [2.24, 2.45) is 0 Å². The zero-order valence-corrected chi connectivity index (χ0v) is 13.7. The van der Waals surface area contributed by atoms with Crippen molar-refractivity contribution in [2.45, 2.75) is 37.8 Å². The molecular formula is C19H26N2O2. The minimum absolute atomic E-state index is 0.539. The van der Waals surface area contributed by atoms with Gasteiger partial charge in [0.05, 0.1) is 11.9 Å². The molecule has 4 heteroatoms. The lowest BCUT2D eigenvalue weighted by Gasteiger charge is -2.41. The maximum Gasteiger partial charge on any atom is 0.133 e. The van der Waals surface area contributed by atoms with Gasteiger partial charge in [0, 0.05) is 25.0 Å². The van der Waals surface area contributed by atoms with E-state index in [1.807, 2.05) is 12.1 Å². The minimum Gasteiger partial charge on any atom is -0.464 e. The Labute approximate surface area is 137 Å². The molecule has 2 fully saturated rings. The van der Waals surface area contributed by atoms with E-state index in [-0.39, 0.29) is 0 Å². The molecular weight excluding hydrogens is 288 g/mol. The van der Waals surface area contributed by atoms with Crippen LogP contribution in [-0.4, -0.2) is 53.2 Å². The molecule has 0 saturated carbocycles. The molecule has 0 aliphatic carbocycles. The van der Waals surface area contributed by atoms with E-state index in [4.69, 9.17) is 4.42 Å². The zero-order valence-electron chi connectivity index (χ0n) is 13.7. The van der Waals surface area contributed by atoms with Crippen LogP contribution in [0.5, 0.6) is 0 Å². The molecule has 0 unspecified atom stereocenters. The molecule has 1 aromatic heterocycles. The molecule has 1 atom stereocenters. The summed E-state index contributed by atoms with van der Waals surface area (Å²) in [7, 11) is 0. The van der Waals surface area contributed by atoms with Crippen LogP contribution in [0.4, 0.5) is 0 Å². The fourth-order valence-corrected chi connectivity index (χ4v) is 4.20. The summed E-state index contributed by atoms with van der Waals surface area (Å²) in [6, 6.07) is 8.40. The Bertz CT molecular complexity index is 662. The lowest BCUT2D eigenvalue weighted by atomic mass is 9.92. The molecule has 1 aromatic carbocycles. The summed E-state index contributed by atoms with van der Waals surface area (Å²) in [4.78, 5) is 4.84. The van der Waals surface area contributed by atoms with E-state index < -0.39 is 5.60 Å². The van der Waals surface area contributed by atoms with Gasteiger partial charge in [-0.2, -0.15) is 0 Å². The largest absolute Gasteiger partial charge is 0.464 e. The minimum atomic E-state index is -0.539. The van der Waals surface area contributed by atoms with Crippen molar-refractivity contribution >= 4 is 11.0 Å². The summed E-state index contributed by atoms with van der Waals surface area (Å²) < 4.78 is 5.41. The molecule has 4 nitrogen and oxygen atoms in total. The van der Waals surface area contributed by atoms with Crippen LogP contribution in [0.15, 0.2) is 34.9 Å². The van der Waals surface area contributed by atoms with Crippen LogP contribution in [0.25, 0.3) is 11.0 Å². The number of furan rings is 1. The summed E-state index contributed by atoms with van der Waals surface area (Å²) in [6.45, 7) is 5.91. The number of fused-ring (bicyclic) bond motifs is 1. The Morgan fingerprint density at radius 3 is 2.74 bits per heavy atom. The monoisotopic (exact) mass is 314 g/mol. The molecule has 0 bridgehead atoms. The van der Waals surface area contributed by atoms with Crippen molar-refractivity contribution in [3.63, 3.8) is 0 Å². The maximum absolute atomic E-state index is 11.0. The van der Waals surface area contributed by atoms with Crippen molar-refractivity contribution < 1.29 is 9.52 Å². The second-order valence-electron chi connectivity index (χ2n) is 7.31. The molecule has 2 aromatic rings. The van der Waals surface area contributed by atoms with Gasteiger partial charge >= 0.3 is 0 Å². The molecule has 2 saturated heterocycles. The third kappa shape index (κ3) is 3.44. The van der Waals surface area contributed by atoms with E-state index in [2.05, 4.69) is 21.9 Å². The number of hydrogen-bond donors (Lipinski definition) is 1. The molecule has 2 aliphatic rings. The second-order valence-corrected chi connectivity index (χ2v) is 7.31. The molecule has 0 radical (unpaired) electrons. The van der Waals surface area contributed by atoms with Crippen LogP contribution in [0.1, 0.15) is 31.2 Å². The summed E-state index contributed by atoms with van der Waals surface area (Å²) in [5.74, 6) is 0. The number of rotatable bonds is 4. The lowest BCUT2D eigenvalue weighted by Crippen LogP contribution is -2.53. The smallest absolute Gasteiger partial charge is 0.133 e. The van der Waals surface area contributed by atoms with Crippen LogP contribution in [0.3, 0.4) is 0 Å². The first-order valence-corrected chi connectivity index (χ1v) is 8.84.